The summed E-state index contributed by atoms with van der Waals surface area (Å²) in [5.74, 6) is 0.496. The number of aryl methyl sites for hydroxylation is 1. The van der Waals surface area contributed by atoms with E-state index in [-0.39, 0.29) is 36.0 Å². The van der Waals surface area contributed by atoms with Gasteiger partial charge in [0.25, 0.3) is 0 Å². The molecule has 10 heteroatoms. The highest BCUT2D eigenvalue weighted by Crippen LogP contribution is 2.24. The smallest absolute Gasteiger partial charge is 0.246 e. The lowest BCUT2D eigenvalue weighted by atomic mass is 10.0. The van der Waals surface area contributed by atoms with Crippen molar-refractivity contribution in [3.8, 4) is 0 Å². The second-order valence-electron chi connectivity index (χ2n) is 7.96. The number of hydrogen-bond donors (Lipinski definition) is 0. The molecule has 0 aliphatic carbocycles. The molecular formula is C20H30N4O4S2. The van der Waals surface area contributed by atoms with Crippen molar-refractivity contribution < 1.29 is 16.8 Å². The van der Waals surface area contributed by atoms with E-state index in [1.165, 1.54) is 14.8 Å². The van der Waals surface area contributed by atoms with Crippen molar-refractivity contribution in [3.05, 3.63) is 41.7 Å². The Morgan fingerprint density at radius 2 is 1.47 bits per heavy atom. The molecule has 0 saturated carbocycles. The van der Waals surface area contributed by atoms with Crippen molar-refractivity contribution in [1.82, 2.24) is 18.4 Å². The lowest BCUT2D eigenvalue weighted by Crippen LogP contribution is -2.50. The van der Waals surface area contributed by atoms with Gasteiger partial charge >= 0.3 is 0 Å². The SMILES string of the molecule is CCn1ncc(S(=O)(=O)N2CCN(S(=O)(=O)c3ccc(CC(C)C)cc3)CC2)c1C. The van der Waals surface area contributed by atoms with Crippen LogP contribution in [-0.4, -0.2) is 61.4 Å². The zero-order chi connectivity index (χ0) is 22.1. The first-order valence-corrected chi connectivity index (χ1v) is 13.1. The van der Waals surface area contributed by atoms with Crippen LogP contribution in [0.3, 0.4) is 0 Å². The van der Waals surface area contributed by atoms with Gasteiger partial charge in [0.05, 0.1) is 16.8 Å². The summed E-state index contributed by atoms with van der Waals surface area (Å²) in [4.78, 5) is 0.424. The first-order chi connectivity index (χ1) is 14.1. The van der Waals surface area contributed by atoms with Gasteiger partial charge in [0, 0.05) is 32.7 Å². The van der Waals surface area contributed by atoms with Crippen LogP contribution in [0.2, 0.25) is 0 Å². The van der Waals surface area contributed by atoms with Crippen LogP contribution >= 0.6 is 0 Å². The maximum atomic E-state index is 13.0. The highest BCUT2D eigenvalue weighted by molar-refractivity contribution is 7.89. The van der Waals surface area contributed by atoms with Crippen LogP contribution in [0.5, 0.6) is 0 Å². The van der Waals surface area contributed by atoms with E-state index in [1.807, 2.05) is 19.1 Å². The molecule has 1 aliphatic rings. The van der Waals surface area contributed by atoms with Crippen molar-refractivity contribution in [1.29, 1.82) is 0 Å². The van der Waals surface area contributed by atoms with E-state index in [0.29, 0.717) is 18.2 Å². The Kier molecular flexibility index (Phi) is 6.71. The second-order valence-corrected chi connectivity index (χ2v) is 11.8. The van der Waals surface area contributed by atoms with Crippen LogP contribution in [0.1, 0.15) is 32.0 Å². The van der Waals surface area contributed by atoms with Crippen molar-refractivity contribution in [3.63, 3.8) is 0 Å². The number of benzene rings is 1. The third kappa shape index (κ3) is 4.46. The van der Waals surface area contributed by atoms with Crippen molar-refractivity contribution in [2.24, 2.45) is 5.92 Å². The van der Waals surface area contributed by atoms with Crippen LogP contribution in [0.15, 0.2) is 40.3 Å². The zero-order valence-corrected chi connectivity index (χ0v) is 19.6. The average Bonchev–Trinajstić information content (AvgIpc) is 3.09. The van der Waals surface area contributed by atoms with Crippen molar-refractivity contribution >= 4 is 20.0 Å². The van der Waals surface area contributed by atoms with Crippen LogP contribution in [0, 0.1) is 12.8 Å². The molecule has 1 fully saturated rings. The van der Waals surface area contributed by atoms with Crippen molar-refractivity contribution in [2.45, 2.75) is 50.5 Å². The molecule has 166 valence electrons. The summed E-state index contributed by atoms with van der Waals surface area (Å²) in [6.45, 7) is 8.92. The minimum Gasteiger partial charge on any atom is -0.269 e. The number of hydrogen-bond acceptors (Lipinski definition) is 5. The Morgan fingerprint density at radius 1 is 0.933 bits per heavy atom. The molecular weight excluding hydrogens is 424 g/mol. The van der Waals surface area contributed by atoms with E-state index >= 15 is 0 Å². The Balaban J connectivity index is 1.72. The summed E-state index contributed by atoms with van der Waals surface area (Å²) in [5, 5.41) is 4.12. The summed E-state index contributed by atoms with van der Waals surface area (Å²) >= 11 is 0. The number of aromatic nitrogens is 2. The zero-order valence-electron chi connectivity index (χ0n) is 17.9. The number of piperazine rings is 1. The number of rotatable bonds is 7. The monoisotopic (exact) mass is 454 g/mol. The highest BCUT2D eigenvalue weighted by Gasteiger charge is 2.35. The maximum Gasteiger partial charge on any atom is 0.246 e. The Hall–Kier alpha value is -1.75. The summed E-state index contributed by atoms with van der Waals surface area (Å²) in [7, 11) is -7.36. The van der Waals surface area contributed by atoms with E-state index in [0.717, 1.165) is 12.0 Å². The molecule has 2 heterocycles. The fourth-order valence-electron chi connectivity index (χ4n) is 3.71. The molecule has 3 rings (SSSR count). The predicted octanol–water partition coefficient (Wildman–Crippen LogP) is 2.11. The topological polar surface area (TPSA) is 92.6 Å². The standard InChI is InChI=1S/C20H30N4O4S2/c1-5-24-17(4)20(15-21-24)30(27,28)23-12-10-22(11-13-23)29(25,26)19-8-6-18(7-9-19)14-16(2)3/h6-9,15-16H,5,10-14H2,1-4H3. The second kappa shape index (κ2) is 8.78. The normalized spacial score (nSPS) is 17.0. The molecule has 0 unspecified atom stereocenters. The molecule has 0 spiro atoms. The lowest BCUT2D eigenvalue weighted by Gasteiger charge is -2.33. The van der Waals surface area contributed by atoms with Crippen LogP contribution < -0.4 is 0 Å². The molecule has 30 heavy (non-hydrogen) atoms. The highest BCUT2D eigenvalue weighted by atomic mass is 32.2. The van der Waals surface area contributed by atoms with Gasteiger partial charge in [-0.3, -0.25) is 4.68 Å². The largest absolute Gasteiger partial charge is 0.269 e. The predicted molar refractivity (Wildman–Crippen MR) is 115 cm³/mol. The third-order valence-corrected chi connectivity index (χ3v) is 9.29. The van der Waals surface area contributed by atoms with Gasteiger partial charge in [0.2, 0.25) is 20.0 Å². The fraction of sp³-hybridized carbons (Fsp3) is 0.550. The average molecular weight is 455 g/mol. The first-order valence-electron chi connectivity index (χ1n) is 10.2. The molecule has 1 aromatic heterocycles. The molecule has 0 N–H and O–H groups in total. The Bertz CT molecular complexity index is 1080. The Morgan fingerprint density at radius 3 is 1.93 bits per heavy atom. The lowest BCUT2D eigenvalue weighted by molar-refractivity contribution is 0.272. The Labute approximate surface area is 179 Å². The summed E-state index contributed by atoms with van der Waals surface area (Å²) in [5.41, 5.74) is 1.69. The van der Waals surface area contributed by atoms with E-state index < -0.39 is 20.0 Å². The molecule has 1 aliphatic heterocycles. The van der Waals surface area contributed by atoms with Gasteiger partial charge in [-0.2, -0.15) is 13.7 Å². The van der Waals surface area contributed by atoms with Gasteiger partial charge < -0.3 is 0 Å². The van der Waals surface area contributed by atoms with Crippen LogP contribution in [0.25, 0.3) is 0 Å². The van der Waals surface area contributed by atoms with Gasteiger partial charge in [0.1, 0.15) is 4.90 Å². The number of sulfonamides is 2. The molecule has 1 saturated heterocycles. The molecule has 0 radical (unpaired) electrons. The van der Waals surface area contributed by atoms with E-state index in [2.05, 4.69) is 18.9 Å². The van der Waals surface area contributed by atoms with Gasteiger partial charge in [-0.25, -0.2) is 16.8 Å². The fourth-order valence-corrected chi connectivity index (χ4v) is 6.71. The van der Waals surface area contributed by atoms with E-state index in [1.54, 1.807) is 23.7 Å². The molecule has 0 bridgehead atoms. The summed E-state index contributed by atoms with van der Waals surface area (Å²) in [6, 6.07) is 6.97. The van der Waals surface area contributed by atoms with Gasteiger partial charge in [-0.05, 0) is 43.9 Å². The van der Waals surface area contributed by atoms with E-state index in [9.17, 15) is 16.8 Å². The number of nitrogens with zero attached hydrogens (tertiary/aromatic N) is 4. The quantitative estimate of drug-likeness (QED) is 0.639. The van der Waals surface area contributed by atoms with Gasteiger partial charge in [0.15, 0.2) is 0 Å². The van der Waals surface area contributed by atoms with Gasteiger partial charge in [-0.15, -0.1) is 0 Å². The van der Waals surface area contributed by atoms with Crippen molar-refractivity contribution in [2.75, 3.05) is 26.2 Å². The molecule has 2 aromatic rings. The minimum atomic E-state index is -3.70. The minimum absolute atomic E-state index is 0.115. The summed E-state index contributed by atoms with van der Waals surface area (Å²) < 4.78 is 56.3. The summed E-state index contributed by atoms with van der Waals surface area (Å²) in [6.07, 6.45) is 2.26. The first kappa shape index (κ1) is 22.9. The van der Waals surface area contributed by atoms with Crippen LogP contribution in [-0.2, 0) is 33.0 Å². The van der Waals surface area contributed by atoms with Crippen LogP contribution in [0.4, 0.5) is 0 Å². The van der Waals surface area contributed by atoms with E-state index in [4.69, 9.17) is 0 Å². The van der Waals surface area contributed by atoms with Gasteiger partial charge in [-0.1, -0.05) is 26.0 Å². The molecule has 8 nitrogen and oxygen atoms in total. The maximum absolute atomic E-state index is 13.0. The molecule has 0 amide bonds. The molecule has 0 atom stereocenters. The third-order valence-electron chi connectivity index (χ3n) is 5.38. The molecule has 1 aromatic carbocycles.